The number of benzene rings is 1. The zero-order valence-corrected chi connectivity index (χ0v) is 12.7. The number of imide groups is 1. The van der Waals surface area contributed by atoms with Gasteiger partial charge in [-0.05, 0) is 24.3 Å². The quantitative estimate of drug-likeness (QED) is 0.789. The zero-order chi connectivity index (χ0) is 15.7. The molecule has 1 aliphatic heterocycles. The van der Waals surface area contributed by atoms with Gasteiger partial charge in [-0.25, -0.2) is 14.5 Å². The molecule has 0 spiro atoms. The van der Waals surface area contributed by atoms with E-state index in [0.717, 1.165) is 15.2 Å². The van der Waals surface area contributed by atoms with Gasteiger partial charge in [-0.1, -0.05) is 15.9 Å². The van der Waals surface area contributed by atoms with Crippen molar-refractivity contribution in [1.29, 1.82) is 0 Å². The average Bonchev–Trinajstić information content (AvgIpc) is 3.07. The number of hydrogen-bond donors (Lipinski definition) is 2. The van der Waals surface area contributed by atoms with Crippen molar-refractivity contribution in [2.45, 2.75) is 0 Å². The summed E-state index contributed by atoms with van der Waals surface area (Å²) in [6, 6.07) is 6.74. The van der Waals surface area contributed by atoms with Crippen molar-refractivity contribution in [2.24, 2.45) is 0 Å². The normalized spacial score (nSPS) is 14.1. The molecule has 1 saturated heterocycles. The summed E-state index contributed by atoms with van der Waals surface area (Å²) < 4.78 is 2.47. The molecule has 3 rings (SSSR count). The van der Waals surface area contributed by atoms with Gasteiger partial charge in [-0.2, -0.15) is 5.10 Å². The van der Waals surface area contributed by atoms with Crippen molar-refractivity contribution in [2.75, 3.05) is 6.54 Å². The van der Waals surface area contributed by atoms with Crippen LogP contribution < -0.4 is 10.7 Å². The Kier molecular flexibility index (Phi) is 3.63. The Hall–Kier alpha value is -2.68. The smallest absolute Gasteiger partial charge is 0.275 e. The number of carbonyl (C=O) groups excluding carboxylic acids is 3. The molecule has 0 unspecified atom stereocenters. The van der Waals surface area contributed by atoms with Crippen molar-refractivity contribution in [3.8, 4) is 5.69 Å². The van der Waals surface area contributed by atoms with E-state index in [9.17, 15) is 14.4 Å². The lowest BCUT2D eigenvalue weighted by Crippen LogP contribution is -2.44. The molecule has 2 aromatic rings. The Morgan fingerprint density at radius 2 is 2.00 bits per heavy atom. The number of halogens is 1. The summed E-state index contributed by atoms with van der Waals surface area (Å²) in [5.41, 5.74) is 3.41. The van der Waals surface area contributed by atoms with Crippen molar-refractivity contribution < 1.29 is 14.4 Å². The first-order valence-corrected chi connectivity index (χ1v) is 7.05. The molecule has 8 nitrogen and oxygen atoms in total. The fourth-order valence-corrected chi connectivity index (χ4v) is 2.16. The lowest BCUT2D eigenvalue weighted by Gasteiger charge is -2.13. The summed E-state index contributed by atoms with van der Waals surface area (Å²) in [4.78, 5) is 34.5. The van der Waals surface area contributed by atoms with Crippen LogP contribution in [0.2, 0.25) is 0 Å². The monoisotopic (exact) mass is 363 g/mol. The van der Waals surface area contributed by atoms with E-state index in [0.29, 0.717) is 0 Å². The third-order valence-corrected chi connectivity index (χ3v) is 3.49. The van der Waals surface area contributed by atoms with Gasteiger partial charge in [0.2, 0.25) is 5.91 Å². The molecule has 1 fully saturated rings. The van der Waals surface area contributed by atoms with Crippen LogP contribution in [0.15, 0.2) is 41.1 Å². The number of carbonyl (C=O) groups is 3. The molecule has 4 amide bonds. The fraction of sp³-hybridized carbons (Fsp3) is 0.0769. The molecule has 112 valence electrons. The molecular weight excluding hydrogens is 354 g/mol. The van der Waals surface area contributed by atoms with Crippen LogP contribution in [0.3, 0.4) is 0 Å². The number of urea groups is 1. The van der Waals surface area contributed by atoms with E-state index in [1.54, 1.807) is 0 Å². The third-order valence-electron chi connectivity index (χ3n) is 2.97. The summed E-state index contributed by atoms with van der Waals surface area (Å²) in [7, 11) is 0. The second-order valence-corrected chi connectivity index (χ2v) is 5.45. The minimum Gasteiger partial charge on any atom is -0.275 e. The maximum Gasteiger partial charge on any atom is 0.343 e. The molecule has 0 atom stereocenters. The van der Waals surface area contributed by atoms with Crippen LogP contribution in [0.1, 0.15) is 10.4 Å². The van der Waals surface area contributed by atoms with Crippen LogP contribution in [0.25, 0.3) is 5.69 Å². The molecular formula is C13H10BrN5O3. The average molecular weight is 364 g/mol. The molecule has 1 aliphatic rings. The summed E-state index contributed by atoms with van der Waals surface area (Å²) in [6.45, 7) is -0.203. The van der Waals surface area contributed by atoms with E-state index in [2.05, 4.69) is 31.8 Å². The van der Waals surface area contributed by atoms with Crippen LogP contribution in [0, 0.1) is 0 Å². The van der Waals surface area contributed by atoms with Gasteiger partial charge in [-0.15, -0.1) is 0 Å². The standard InChI is InChI=1S/C13H10BrN5O3/c14-9-1-3-10(4-2-9)18-6-8(5-15-18)12(21)17-19-7-11(20)16-13(19)22/h1-6H,7H2,(H,17,21)(H,16,20,22). The zero-order valence-electron chi connectivity index (χ0n) is 11.1. The van der Waals surface area contributed by atoms with Gasteiger partial charge in [0.05, 0.1) is 17.4 Å². The number of nitrogens with zero attached hydrogens (tertiary/aromatic N) is 3. The molecule has 0 aliphatic carbocycles. The molecule has 1 aromatic heterocycles. The minimum atomic E-state index is -0.654. The van der Waals surface area contributed by atoms with Crippen molar-refractivity contribution in [1.82, 2.24) is 25.5 Å². The highest BCUT2D eigenvalue weighted by molar-refractivity contribution is 9.10. The van der Waals surface area contributed by atoms with Gasteiger partial charge < -0.3 is 0 Å². The summed E-state index contributed by atoms with van der Waals surface area (Å²) in [6.07, 6.45) is 2.92. The van der Waals surface area contributed by atoms with Gasteiger partial charge in [0.1, 0.15) is 6.54 Å². The molecule has 2 heterocycles. The minimum absolute atomic E-state index is 0.203. The van der Waals surface area contributed by atoms with Crippen LogP contribution in [-0.2, 0) is 4.79 Å². The van der Waals surface area contributed by atoms with Crippen LogP contribution in [-0.4, -0.2) is 39.2 Å². The highest BCUT2D eigenvalue weighted by Gasteiger charge is 2.28. The number of amides is 4. The number of rotatable bonds is 3. The second-order valence-electron chi connectivity index (χ2n) is 4.53. The molecule has 0 bridgehead atoms. The summed E-state index contributed by atoms with van der Waals surface area (Å²) in [5, 5.41) is 7.09. The molecule has 2 N–H and O–H groups in total. The Bertz CT molecular complexity index is 755. The van der Waals surface area contributed by atoms with Gasteiger partial charge in [0.15, 0.2) is 0 Å². The third kappa shape index (κ3) is 2.84. The van der Waals surface area contributed by atoms with Crippen molar-refractivity contribution >= 4 is 33.8 Å². The lowest BCUT2D eigenvalue weighted by molar-refractivity contribution is -0.118. The van der Waals surface area contributed by atoms with E-state index >= 15 is 0 Å². The van der Waals surface area contributed by atoms with E-state index in [-0.39, 0.29) is 12.1 Å². The van der Waals surface area contributed by atoms with E-state index in [4.69, 9.17) is 0 Å². The highest BCUT2D eigenvalue weighted by Crippen LogP contribution is 2.14. The molecule has 22 heavy (non-hydrogen) atoms. The number of hydrazine groups is 1. The van der Waals surface area contributed by atoms with E-state index in [1.165, 1.54) is 17.1 Å². The first-order chi connectivity index (χ1) is 10.5. The van der Waals surface area contributed by atoms with Gasteiger partial charge >= 0.3 is 6.03 Å². The first-order valence-electron chi connectivity index (χ1n) is 6.26. The lowest BCUT2D eigenvalue weighted by atomic mass is 10.3. The van der Waals surface area contributed by atoms with E-state index < -0.39 is 17.8 Å². The topological polar surface area (TPSA) is 96.3 Å². The predicted octanol–water partition coefficient (Wildman–Crippen LogP) is 0.831. The van der Waals surface area contributed by atoms with E-state index in [1.807, 2.05) is 24.3 Å². The van der Waals surface area contributed by atoms with Gasteiger partial charge in [-0.3, -0.25) is 20.3 Å². The number of hydrogen-bond acceptors (Lipinski definition) is 4. The SMILES string of the molecule is O=C1CN(NC(=O)c2cnn(-c3ccc(Br)cc3)c2)C(=O)N1. The maximum absolute atomic E-state index is 12.0. The molecule has 0 saturated carbocycles. The first kappa shape index (κ1) is 14.3. The fourth-order valence-electron chi connectivity index (χ4n) is 1.89. The Labute approximate surface area is 133 Å². The molecule has 9 heteroatoms. The highest BCUT2D eigenvalue weighted by atomic mass is 79.9. The van der Waals surface area contributed by atoms with Crippen LogP contribution in [0.4, 0.5) is 4.79 Å². The summed E-state index contributed by atoms with van der Waals surface area (Å²) >= 11 is 3.34. The predicted molar refractivity (Wildman–Crippen MR) is 79.0 cm³/mol. The Morgan fingerprint density at radius 3 is 2.64 bits per heavy atom. The van der Waals surface area contributed by atoms with Crippen molar-refractivity contribution in [3.63, 3.8) is 0 Å². The second kappa shape index (κ2) is 5.60. The maximum atomic E-state index is 12.0. The molecule has 0 radical (unpaired) electrons. The van der Waals surface area contributed by atoms with Crippen LogP contribution >= 0.6 is 15.9 Å². The number of aromatic nitrogens is 2. The largest absolute Gasteiger partial charge is 0.343 e. The van der Waals surface area contributed by atoms with Crippen LogP contribution in [0.5, 0.6) is 0 Å². The Morgan fingerprint density at radius 1 is 1.27 bits per heavy atom. The Balaban J connectivity index is 1.73. The molecule has 1 aromatic carbocycles. The van der Waals surface area contributed by atoms with Gasteiger partial charge in [0, 0.05) is 10.7 Å². The van der Waals surface area contributed by atoms with Crippen molar-refractivity contribution in [3.05, 3.63) is 46.7 Å². The van der Waals surface area contributed by atoms with Gasteiger partial charge in [0.25, 0.3) is 5.91 Å². The summed E-state index contributed by atoms with van der Waals surface area (Å²) in [5.74, 6) is -0.982. The number of nitrogens with one attached hydrogen (secondary N) is 2.